The topological polar surface area (TPSA) is 35.5 Å². The summed E-state index contributed by atoms with van der Waals surface area (Å²) in [6.07, 6.45) is 1.13. The number of carbonyl (C=O) groups is 1. The Hall–Kier alpha value is -1.51. The molecule has 92 valence electrons. The van der Waals surface area contributed by atoms with Crippen LogP contribution in [0.1, 0.15) is 26.7 Å². The second-order valence-electron chi connectivity index (χ2n) is 4.55. The Morgan fingerprint density at radius 3 is 2.82 bits per heavy atom. The van der Waals surface area contributed by atoms with Crippen molar-refractivity contribution in [2.75, 3.05) is 6.61 Å². The first-order chi connectivity index (χ1) is 8.20. The van der Waals surface area contributed by atoms with Crippen molar-refractivity contribution in [1.82, 2.24) is 0 Å². The molecule has 0 amide bonds. The highest BCUT2D eigenvalue weighted by Crippen LogP contribution is 2.31. The van der Waals surface area contributed by atoms with Crippen LogP contribution in [-0.2, 0) is 4.79 Å². The van der Waals surface area contributed by atoms with Crippen molar-refractivity contribution in [3.05, 3.63) is 24.3 Å². The smallest absolute Gasteiger partial charge is 0.190 e. The molecule has 0 aromatic heterocycles. The van der Waals surface area contributed by atoms with E-state index in [4.69, 9.17) is 9.47 Å². The Balaban J connectivity index is 2.00. The molecule has 0 saturated carbocycles. The SMILES string of the molecule is CCC(C)CC(=O)C1COc2ccccc2O1. The van der Waals surface area contributed by atoms with Gasteiger partial charge >= 0.3 is 0 Å². The fourth-order valence-corrected chi connectivity index (χ4v) is 1.80. The first-order valence-electron chi connectivity index (χ1n) is 6.12. The molecule has 1 aromatic carbocycles. The van der Waals surface area contributed by atoms with E-state index in [0.717, 1.165) is 12.2 Å². The molecule has 1 aliphatic heterocycles. The second kappa shape index (κ2) is 5.21. The normalized spacial score (nSPS) is 19.8. The molecule has 0 fully saturated rings. The lowest BCUT2D eigenvalue weighted by atomic mass is 9.99. The van der Waals surface area contributed by atoms with Crippen LogP contribution in [-0.4, -0.2) is 18.5 Å². The summed E-state index contributed by atoms with van der Waals surface area (Å²) in [5.74, 6) is 1.93. The van der Waals surface area contributed by atoms with E-state index in [0.29, 0.717) is 24.7 Å². The molecule has 1 aliphatic rings. The third kappa shape index (κ3) is 2.78. The van der Waals surface area contributed by atoms with E-state index >= 15 is 0 Å². The van der Waals surface area contributed by atoms with Gasteiger partial charge in [-0.2, -0.15) is 0 Å². The van der Waals surface area contributed by atoms with Gasteiger partial charge < -0.3 is 9.47 Å². The monoisotopic (exact) mass is 234 g/mol. The van der Waals surface area contributed by atoms with E-state index in [2.05, 4.69) is 13.8 Å². The average molecular weight is 234 g/mol. The van der Waals surface area contributed by atoms with E-state index in [9.17, 15) is 4.79 Å². The van der Waals surface area contributed by atoms with Gasteiger partial charge in [-0.1, -0.05) is 32.4 Å². The standard InChI is InChI=1S/C14H18O3/c1-3-10(2)8-11(15)14-9-16-12-6-4-5-7-13(12)17-14/h4-7,10,14H,3,8-9H2,1-2H3. The number of fused-ring (bicyclic) bond motifs is 1. The van der Waals surface area contributed by atoms with Gasteiger partial charge in [0.15, 0.2) is 23.4 Å². The highest BCUT2D eigenvalue weighted by Gasteiger charge is 2.27. The molecule has 1 heterocycles. The minimum Gasteiger partial charge on any atom is -0.485 e. The Morgan fingerprint density at radius 2 is 2.12 bits per heavy atom. The number of carbonyl (C=O) groups excluding carboxylic acids is 1. The molecule has 2 unspecified atom stereocenters. The zero-order valence-electron chi connectivity index (χ0n) is 10.3. The van der Waals surface area contributed by atoms with E-state index < -0.39 is 6.10 Å². The number of benzene rings is 1. The van der Waals surface area contributed by atoms with Crippen molar-refractivity contribution < 1.29 is 14.3 Å². The van der Waals surface area contributed by atoms with Crippen LogP contribution in [0.25, 0.3) is 0 Å². The summed E-state index contributed by atoms with van der Waals surface area (Å²) >= 11 is 0. The third-order valence-corrected chi connectivity index (χ3v) is 3.11. The number of ketones is 1. The van der Waals surface area contributed by atoms with Crippen LogP contribution >= 0.6 is 0 Å². The molecular formula is C14H18O3. The van der Waals surface area contributed by atoms with E-state index in [-0.39, 0.29) is 5.78 Å². The zero-order valence-corrected chi connectivity index (χ0v) is 10.3. The molecule has 0 radical (unpaired) electrons. The summed E-state index contributed by atoms with van der Waals surface area (Å²) in [7, 11) is 0. The number of hydrogen-bond acceptors (Lipinski definition) is 3. The van der Waals surface area contributed by atoms with Crippen molar-refractivity contribution in [2.24, 2.45) is 5.92 Å². The number of hydrogen-bond donors (Lipinski definition) is 0. The van der Waals surface area contributed by atoms with Gasteiger partial charge in [0.2, 0.25) is 0 Å². The molecule has 1 aromatic rings. The van der Waals surface area contributed by atoms with Crippen LogP contribution in [0, 0.1) is 5.92 Å². The maximum Gasteiger partial charge on any atom is 0.190 e. The van der Waals surface area contributed by atoms with Crippen molar-refractivity contribution in [2.45, 2.75) is 32.8 Å². The van der Waals surface area contributed by atoms with Crippen molar-refractivity contribution in [1.29, 1.82) is 0 Å². The minimum absolute atomic E-state index is 0.133. The Morgan fingerprint density at radius 1 is 1.41 bits per heavy atom. The van der Waals surface area contributed by atoms with Gasteiger partial charge in [0.05, 0.1) is 0 Å². The van der Waals surface area contributed by atoms with Gasteiger partial charge in [-0.3, -0.25) is 4.79 Å². The second-order valence-corrected chi connectivity index (χ2v) is 4.55. The maximum atomic E-state index is 12.0. The van der Waals surface area contributed by atoms with Crippen LogP contribution < -0.4 is 9.47 Å². The summed E-state index contributed by atoms with van der Waals surface area (Å²) in [5, 5.41) is 0. The zero-order chi connectivity index (χ0) is 12.3. The quantitative estimate of drug-likeness (QED) is 0.803. The van der Waals surface area contributed by atoms with Crippen LogP contribution in [0.2, 0.25) is 0 Å². The number of para-hydroxylation sites is 2. The predicted octanol–water partition coefficient (Wildman–Crippen LogP) is 2.83. The summed E-state index contributed by atoms with van der Waals surface area (Å²) in [6, 6.07) is 7.45. The predicted molar refractivity (Wildman–Crippen MR) is 65.4 cm³/mol. The molecule has 0 N–H and O–H groups in total. The summed E-state index contributed by atoms with van der Waals surface area (Å²) in [5.41, 5.74) is 0. The van der Waals surface area contributed by atoms with Gasteiger partial charge in [0.1, 0.15) is 6.61 Å². The minimum atomic E-state index is -0.445. The molecule has 0 saturated heterocycles. The molecule has 0 spiro atoms. The first kappa shape index (κ1) is 12.0. The van der Waals surface area contributed by atoms with E-state index in [1.54, 1.807) is 0 Å². The lowest BCUT2D eigenvalue weighted by Crippen LogP contribution is -2.37. The summed E-state index contributed by atoms with van der Waals surface area (Å²) in [6.45, 7) is 4.49. The highest BCUT2D eigenvalue weighted by molar-refractivity contribution is 5.84. The lowest BCUT2D eigenvalue weighted by molar-refractivity contribution is -0.129. The van der Waals surface area contributed by atoms with Crippen molar-refractivity contribution >= 4 is 5.78 Å². The lowest BCUT2D eigenvalue weighted by Gasteiger charge is -2.26. The molecule has 0 bridgehead atoms. The van der Waals surface area contributed by atoms with Crippen molar-refractivity contribution in [3.8, 4) is 11.5 Å². The van der Waals surface area contributed by atoms with Gasteiger partial charge in [0, 0.05) is 6.42 Å². The molecule has 2 rings (SSSR count). The largest absolute Gasteiger partial charge is 0.485 e. The highest BCUT2D eigenvalue weighted by atomic mass is 16.6. The van der Waals surface area contributed by atoms with Gasteiger partial charge in [0.25, 0.3) is 0 Å². The fraction of sp³-hybridized carbons (Fsp3) is 0.500. The molecule has 3 heteroatoms. The molecule has 0 aliphatic carbocycles. The number of Topliss-reactive ketones (excluding diaryl/α,β-unsaturated/α-hetero) is 1. The van der Waals surface area contributed by atoms with Gasteiger partial charge in [-0.05, 0) is 18.1 Å². The van der Waals surface area contributed by atoms with Gasteiger partial charge in [-0.25, -0.2) is 0 Å². The van der Waals surface area contributed by atoms with E-state index in [1.165, 1.54) is 0 Å². The summed E-state index contributed by atoms with van der Waals surface area (Å²) in [4.78, 5) is 12.0. The molecule has 2 atom stereocenters. The first-order valence-corrected chi connectivity index (χ1v) is 6.12. The molecular weight excluding hydrogens is 216 g/mol. The third-order valence-electron chi connectivity index (χ3n) is 3.11. The van der Waals surface area contributed by atoms with Gasteiger partial charge in [-0.15, -0.1) is 0 Å². The number of rotatable bonds is 4. The Labute approximate surface area is 102 Å². The van der Waals surface area contributed by atoms with E-state index in [1.807, 2.05) is 24.3 Å². The Kier molecular flexibility index (Phi) is 3.67. The van der Waals surface area contributed by atoms with Crippen LogP contribution in [0.5, 0.6) is 11.5 Å². The number of ether oxygens (including phenoxy) is 2. The molecule has 17 heavy (non-hydrogen) atoms. The molecule has 3 nitrogen and oxygen atoms in total. The van der Waals surface area contributed by atoms with Crippen molar-refractivity contribution in [3.63, 3.8) is 0 Å². The van der Waals surface area contributed by atoms with Crippen LogP contribution in [0.4, 0.5) is 0 Å². The Bertz CT molecular complexity index is 400. The maximum absolute atomic E-state index is 12.0. The average Bonchev–Trinajstić information content (AvgIpc) is 2.38. The van der Waals surface area contributed by atoms with Crippen LogP contribution in [0.15, 0.2) is 24.3 Å². The summed E-state index contributed by atoms with van der Waals surface area (Å²) < 4.78 is 11.2. The fourth-order valence-electron chi connectivity index (χ4n) is 1.80. The van der Waals surface area contributed by atoms with Crippen LogP contribution in [0.3, 0.4) is 0 Å².